The Hall–Kier alpha value is -1.61. The minimum Gasteiger partial charge on any atom is -0.383 e. The zero-order valence-corrected chi connectivity index (χ0v) is 12.3. The Kier molecular flexibility index (Phi) is 4.74. The van der Waals surface area contributed by atoms with Crippen molar-refractivity contribution >= 4 is 17.0 Å². The summed E-state index contributed by atoms with van der Waals surface area (Å²) >= 11 is 1.69. The van der Waals surface area contributed by atoms with Crippen molar-refractivity contribution in [2.24, 2.45) is 0 Å². The van der Waals surface area contributed by atoms with Crippen LogP contribution in [0.2, 0.25) is 0 Å². The van der Waals surface area contributed by atoms with Crippen molar-refractivity contribution in [1.29, 1.82) is 0 Å². The lowest BCUT2D eigenvalue weighted by Crippen LogP contribution is -2.14. The second kappa shape index (κ2) is 6.53. The van der Waals surface area contributed by atoms with E-state index in [9.17, 15) is 0 Å². The summed E-state index contributed by atoms with van der Waals surface area (Å²) in [5.74, 6) is 0. The van der Waals surface area contributed by atoms with Crippen LogP contribution in [-0.2, 0) is 0 Å². The van der Waals surface area contributed by atoms with Gasteiger partial charge in [0.25, 0.3) is 0 Å². The van der Waals surface area contributed by atoms with E-state index in [2.05, 4.69) is 53.4 Å². The number of allylic oxidation sites excluding steroid dienone is 1. The summed E-state index contributed by atoms with van der Waals surface area (Å²) < 4.78 is 0. The number of hydrogen-bond acceptors (Lipinski definition) is 3. The summed E-state index contributed by atoms with van der Waals surface area (Å²) in [4.78, 5) is 4.53. The monoisotopic (exact) mass is 272 g/mol. The molecule has 0 aliphatic rings. The lowest BCUT2D eigenvalue weighted by atomic mass is 10.1. The predicted octanol–water partition coefficient (Wildman–Crippen LogP) is 4.89. The second-order valence-corrected chi connectivity index (χ2v) is 5.81. The molecule has 1 heterocycles. The number of anilines is 1. The van der Waals surface area contributed by atoms with E-state index in [-0.39, 0.29) is 0 Å². The van der Waals surface area contributed by atoms with E-state index in [1.807, 2.05) is 13.0 Å². The first-order valence-corrected chi connectivity index (χ1v) is 7.47. The number of nitrogens with zero attached hydrogens (tertiary/aromatic N) is 1. The number of benzene rings is 1. The van der Waals surface area contributed by atoms with E-state index in [0.717, 1.165) is 29.2 Å². The van der Waals surface area contributed by atoms with Crippen LogP contribution < -0.4 is 5.32 Å². The zero-order valence-electron chi connectivity index (χ0n) is 11.5. The highest BCUT2D eigenvalue weighted by molar-refractivity contribution is 7.09. The van der Waals surface area contributed by atoms with Gasteiger partial charge in [-0.15, -0.1) is 17.9 Å². The lowest BCUT2D eigenvalue weighted by Gasteiger charge is -2.14. The first-order valence-electron chi connectivity index (χ1n) is 6.59. The molecule has 0 aliphatic carbocycles. The minimum atomic E-state index is 0.449. The first-order chi connectivity index (χ1) is 9.19. The number of nitrogens with one attached hydrogen (secondary N) is 1. The van der Waals surface area contributed by atoms with Crippen LogP contribution in [0.1, 0.15) is 24.8 Å². The van der Waals surface area contributed by atoms with Crippen LogP contribution in [0.4, 0.5) is 5.69 Å². The predicted molar refractivity (Wildman–Crippen MR) is 84.8 cm³/mol. The fraction of sp³-hybridized carbons (Fsp3) is 0.312. The summed E-state index contributed by atoms with van der Waals surface area (Å²) in [6.45, 7) is 7.99. The molecular formula is C16H20N2S. The fourth-order valence-electron chi connectivity index (χ4n) is 1.99. The van der Waals surface area contributed by atoms with Gasteiger partial charge < -0.3 is 5.32 Å². The van der Waals surface area contributed by atoms with E-state index >= 15 is 0 Å². The van der Waals surface area contributed by atoms with Crippen molar-refractivity contribution in [2.45, 2.75) is 32.7 Å². The lowest BCUT2D eigenvalue weighted by molar-refractivity contribution is 0.719. The van der Waals surface area contributed by atoms with Gasteiger partial charge in [-0.2, -0.15) is 0 Å². The van der Waals surface area contributed by atoms with Gasteiger partial charge in [0.05, 0.1) is 10.7 Å². The molecule has 1 N–H and O–H groups in total. The van der Waals surface area contributed by atoms with Crippen molar-refractivity contribution in [3.8, 4) is 11.3 Å². The van der Waals surface area contributed by atoms with Crippen molar-refractivity contribution in [3.63, 3.8) is 0 Å². The molecule has 2 rings (SSSR count). The molecule has 0 aliphatic heterocycles. The summed E-state index contributed by atoms with van der Waals surface area (Å²) in [7, 11) is 0. The molecule has 19 heavy (non-hydrogen) atoms. The van der Waals surface area contributed by atoms with Gasteiger partial charge in [-0.25, -0.2) is 4.98 Å². The van der Waals surface area contributed by atoms with Crippen molar-refractivity contribution in [1.82, 2.24) is 4.98 Å². The van der Waals surface area contributed by atoms with E-state index in [4.69, 9.17) is 0 Å². The molecule has 0 saturated carbocycles. The van der Waals surface area contributed by atoms with Gasteiger partial charge in [-0.1, -0.05) is 18.2 Å². The third-order valence-corrected chi connectivity index (χ3v) is 3.77. The smallest absolute Gasteiger partial charge is 0.0901 e. The average molecular weight is 272 g/mol. The summed E-state index contributed by atoms with van der Waals surface area (Å²) in [6.07, 6.45) is 4.11. The van der Waals surface area contributed by atoms with Gasteiger partial charge in [-0.05, 0) is 38.8 Å². The molecule has 3 heteroatoms. The van der Waals surface area contributed by atoms with Crippen molar-refractivity contribution < 1.29 is 0 Å². The van der Waals surface area contributed by atoms with Crippen LogP contribution in [0.5, 0.6) is 0 Å². The number of hydrogen-bond donors (Lipinski definition) is 1. The van der Waals surface area contributed by atoms with E-state index in [1.165, 1.54) is 5.56 Å². The normalized spacial score (nSPS) is 12.1. The molecule has 0 saturated heterocycles. The van der Waals surface area contributed by atoms with Crippen LogP contribution in [0.25, 0.3) is 11.3 Å². The number of aromatic nitrogens is 1. The molecule has 0 amide bonds. The summed E-state index contributed by atoms with van der Waals surface area (Å²) in [5.41, 5.74) is 3.38. The third kappa shape index (κ3) is 3.93. The van der Waals surface area contributed by atoms with Gasteiger partial charge in [0.1, 0.15) is 0 Å². The first kappa shape index (κ1) is 13.8. The Morgan fingerprint density at radius 1 is 1.47 bits per heavy atom. The van der Waals surface area contributed by atoms with Gasteiger partial charge in [0.15, 0.2) is 0 Å². The highest BCUT2D eigenvalue weighted by atomic mass is 32.1. The van der Waals surface area contributed by atoms with Crippen LogP contribution in [0, 0.1) is 6.92 Å². The quantitative estimate of drug-likeness (QED) is 0.758. The topological polar surface area (TPSA) is 24.9 Å². The third-order valence-electron chi connectivity index (χ3n) is 2.99. The minimum absolute atomic E-state index is 0.449. The molecule has 0 bridgehead atoms. The zero-order chi connectivity index (χ0) is 13.7. The van der Waals surface area contributed by atoms with E-state index in [1.54, 1.807) is 11.3 Å². The SMILES string of the molecule is C=CCCC(C)Nc1cccc(-c2csc(C)n2)c1. The molecule has 2 nitrogen and oxygen atoms in total. The van der Waals surface area contributed by atoms with Crippen molar-refractivity contribution in [3.05, 3.63) is 47.3 Å². The van der Waals surface area contributed by atoms with Gasteiger partial charge >= 0.3 is 0 Å². The van der Waals surface area contributed by atoms with Crippen LogP contribution in [0.15, 0.2) is 42.3 Å². The molecule has 1 aromatic carbocycles. The highest BCUT2D eigenvalue weighted by Gasteiger charge is 2.05. The molecule has 0 radical (unpaired) electrons. The Morgan fingerprint density at radius 2 is 2.32 bits per heavy atom. The summed E-state index contributed by atoms with van der Waals surface area (Å²) in [6, 6.07) is 8.90. The van der Waals surface area contributed by atoms with Crippen molar-refractivity contribution in [2.75, 3.05) is 5.32 Å². The molecular weight excluding hydrogens is 252 g/mol. The maximum atomic E-state index is 4.53. The molecule has 100 valence electrons. The maximum absolute atomic E-state index is 4.53. The number of thiazole rings is 1. The van der Waals surface area contributed by atoms with Crippen LogP contribution in [-0.4, -0.2) is 11.0 Å². The van der Waals surface area contributed by atoms with Crippen LogP contribution >= 0.6 is 11.3 Å². The van der Waals surface area contributed by atoms with E-state index in [0.29, 0.717) is 6.04 Å². The Bertz CT molecular complexity index is 545. The number of rotatable bonds is 6. The molecule has 2 aromatic rings. The van der Waals surface area contributed by atoms with Crippen LogP contribution in [0.3, 0.4) is 0 Å². The Labute approximate surface area is 119 Å². The fourth-order valence-corrected chi connectivity index (χ4v) is 2.61. The van der Waals surface area contributed by atoms with Gasteiger partial charge in [-0.3, -0.25) is 0 Å². The maximum Gasteiger partial charge on any atom is 0.0901 e. The Balaban J connectivity index is 2.09. The standard InChI is InChI=1S/C16H20N2S/c1-4-5-7-12(2)17-15-9-6-8-14(10-15)16-11-19-13(3)18-16/h4,6,8-12,17H,1,5,7H2,2-3H3. The molecule has 0 fully saturated rings. The molecule has 1 atom stereocenters. The average Bonchev–Trinajstić information content (AvgIpc) is 2.83. The highest BCUT2D eigenvalue weighted by Crippen LogP contribution is 2.24. The molecule has 1 unspecified atom stereocenters. The van der Waals surface area contributed by atoms with Gasteiger partial charge in [0.2, 0.25) is 0 Å². The number of aryl methyl sites for hydroxylation is 1. The summed E-state index contributed by atoms with van der Waals surface area (Å²) in [5, 5.41) is 6.73. The Morgan fingerprint density at radius 3 is 3.00 bits per heavy atom. The van der Waals surface area contributed by atoms with Gasteiger partial charge in [0, 0.05) is 22.7 Å². The largest absolute Gasteiger partial charge is 0.383 e. The van der Waals surface area contributed by atoms with E-state index < -0.39 is 0 Å². The molecule has 1 aromatic heterocycles. The second-order valence-electron chi connectivity index (χ2n) is 4.74. The molecule has 0 spiro atoms.